The van der Waals surface area contributed by atoms with Gasteiger partial charge in [0.1, 0.15) is 11.7 Å². The number of nitrogens with zero attached hydrogens (tertiary/aromatic N) is 6. The molecule has 0 aliphatic rings. The molecule has 1 unspecified atom stereocenters. The number of fused-ring (bicyclic) bond motifs is 1. The van der Waals surface area contributed by atoms with Crippen LogP contribution in [0.1, 0.15) is 23.8 Å². The summed E-state index contributed by atoms with van der Waals surface area (Å²) in [5.74, 6) is -1.10. The molecule has 122 valence electrons. The van der Waals surface area contributed by atoms with Crippen molar-refractivity contribution in [2.24, 2.45) is 0 Å². The number of carbonyl (C=O) groups excluding carboxylic acids is 1. The third-order valence-corrected chi connectivity index (χ3v) is 3.27. The van der Waals surface area contributed by atoms with Crippen molar-refractivity contribution in [2.45, 2.75) is 19.4 Å². The van der Waals surface area contributed by atoms with Gasteiger partial charge in [-0.05, 0) is 24.6 Å². The second kappa shape index (κ2) is 6.36. The topological polar surface area (TPSA) is 135 Å². The maximum absolute atomic E-state index is 12.2. The van der Waals surface area contributed by atoms with Crippen LogP contribution >= 0.6 is 0 Å². The number of carboxylic acid groups (broad SMARTS) is 1. The Morgan fingerprint density at radius 1 is 1.25 bits per heavy atom. The summed E-state index contributed by atoms with van der Waals surface area (Å²) in [6.45, 7) is 1.67. The fourth-order valence-corrected chi connectivity index (χ4v) is 2.03. The molecule has 0 radical (unpaired) electrons. The van der Waals surface area contributed by atoms with Crippen molar-refractivity contribution in [1.82, 2.24) is 35.1 Å². The molecule has 10 heteroatoms. The van der Waals surface area contributed by atoms with Crippen molar-refractivity contribution in [3.63, 3.8) is 0 Å². The van der Waals surface area contributed by atoms with Crippen LogP contribution < -0.4 is 5.32 Å². The summed E-state index contributed by atoms with van der Waals surface area (Å²) in [5, 5.41) is 23.5. The quantitative estimate of drug-likeness (QED) is 0.677. The molecular weight excluding hydrogens is 314 g/mol. The molecule has 0 aromatic carbocycles. The van der Waals surface area contributed by atoms with E-state index in [-0.39, 0.29) is 17.9 Å². The average Bonchev–Trinajstić information content (AvgIpc) is 3.03. The first-order valence-electron chi connectivity index (χ1n) is 7.13. The Kier molecular flexibility index (Phi) is 4.10. The van der Waals surface area contributed by atoms with Crippen molar-refractivity contribution in [2.75, 3.05) is 0 Å². The van der Waals surface area contributed by atoms with Crippen molar-refractivity contribution in [3.05, 3.63) is 36.3 Å². The predicted octanol–water partition coefficient (Wildman–Crippen LogP) is 0.174. The molecule has 0 saturated carbocycles. The smallest absolute Gasteiger partial charge is 0.326 e. The molecule has 3 heterocycles. The molecular formula is C14H13N7O3. The van der Waals surface area contributed by atoms with E-state index in [0.29, 0.717) is 11.5 Å². The Balaban J connectivity index is 1.96. The maximum Gasteiger partial charge on any atom is 0.326 e. The number of hydrogen-bond acceptors (Lipinski definition) is 7. The normalized spacial score (nSPS) is 12.0. The minimum atomic E-state index is -1.10. The zero-order chi connectivity index (χ0) is 17.1. The average molecular weight is 327 g/mol. The van der Waals surface area contributed by atoms with Crippen molar-refractivity contribution < 1.29 is 14.7 Å². The lowest BCUT2D eigenvalue weighted by molar-refractivity contribution is -0.139. The number of hydrogen-bond donors (Lipinski definition) is 2. The summed E-state index contributed by atoms with van der Waals surface area (Å²) in [4.78, 5) is 31.4. The first kappa shape index (κ1) is 15.5. The lowest BCUT2D eigenvalue weighted by Gasteiger charge is -2.11. The van der Waals surface area contributed by atoms with Crippen molar-refractivity contribution in [1.29, 1.82) is 0 Å². The minimum Gasteiger partial charge on any atom is -0.480 e. The van der Waals surface area contributed by atoms with Gasteiger partial charge in [-0.2, -0.15) is 9.61 Å². The zero-order valence-electron chi connectivity index (χ0n) is 12.6. The largest absolute Gasteiger partial charge is 0.480 e. The second-order valence-electron chi connectivity index (χ2n) is 4.86. The first-order chi connectivity index (χ1) is 11.6. The van der Waals surface area contributed by atoms with Gasteiger partial charge < -0.3 is 10.4 Å². The Labute approximate surface area is 135 Å². The van der Waals surface area contributed by atoms with Gasteiger partial charge in [0.05, 0.1) is 0 Å². The summed E-state index contributed by atoms with van der Waals surface area (Å²) in [5.41, 5.74) is 0.457. The summed E-state index contributed by atoms with van der Waals surface area (Å²) in [7, 11) is 0. The molecule has 3 aromatic rings. The van der Waals surface area contributed by atoms with Crippen LogP contribution in [-0.2, 0) is 4.79 Å². The number of amides is 1. The van der Waals surface area contributed by atoms with Gasteiger partial charge in [-0.3, -0.25) is 4.79 Å². The molecule has 1 amide bonds. The minimum absolute atomic E-state index is 0.0409. The third kappa shape index (κ3) is 2.89. The van der Waals surface area contributed by atoms with E-state index in [4.69, 9.17) is 5.11 Å². The number of aromatic nitrogens is 6. The lowest BCUT2D eigenvalue weighted by atomic mass is 10.2. The third-order valence-electron chi connectivity index (χ3n) is 3.27. The first-order valence-corrected chi connectivity index (χ1v) is 7.13. The van der Waals surface area contributed by atoms with Crippen molar-refractivity contribution in [3.8, 4) is 11.6 Å². The molecule has 0 saturated heterocycles. The van der Waals surface area contributed by atoms with Gasteiger partial charge in [-0.15, -0.1) is 10.2 Å². The molecule has 0 aliphatic carbocycles. The zero-order valence-corrected chi connectivity index (χ0v) is 12.6. The second-order valence-corrected chi connectivity index (χ2v) is 4.86. The summed E-state index contributed by atoms with van der Waals surface area (Å²) >= 11 is 0. The van der Waals surface area contributed by atoms with E-state index in [2.05, 4.69) is 30.6 Å². The Bertz CT molecular complexity index is 894. The molecule has 3 aromatic heterocycles. The lowest BCUT2D eigenvalue weighted by Crippen LogP contribution is -2.40. The predicted molar refractivity (Wildman–Crippen MR) is 81.0 cm³/mol. The highest BCUT2D eigenvalue weighted by atomic mass is 16.4. The number of carbonyl (C=O) groups is 2. The van der Waals surface area contributed by atoms with Crippen LogP contribution in [0, 0.1) is 0 Å². The van der Waals surface area contributed by atoms with Gasteiger partial charge in [-0.1, -0.05) is 6.92 Å². The molecule has 3 rings (SSSR count). The highest BCUT2D eigenvalue weighted by Gasteiger charge is 2.20. The molecule has 0 bridgehead atoms. The Morgan fingerprint density at radius 3 is 2.67 bits per heavy atom. The monoisotopic (exact) mass is 327 g/mol. The van der Waals surface area contributed by atoms with Crippen LogP contribution in [0.5, 0.6) is 0 Å². The molecule has 0 spiro atoms. The van der Waals surface area contributed by atoms with E-state index in [9.17, 15) is 9.59 Å². The summed E-state index contributed by atoms with van der Waals surface area (Å²) in [6, 6.07) is 3.69. The van der Waals surface area contributed by atoms with Crippen LogP contribution in [0.2, 0.25) is 0 Å². The van der Waals surface area contributed by atoms with Crippen LogP contribution in [0.3, 0.4) is 0 Å². The van der Waals surface area contributed by atoms with Crippen molar-refractivity contribution >= 4 is 17.5 Å². The highest BCUT2D eigenvalue weighted by molar-refractivity contribution is 5.95. The fraction of sp³-hybridized carbons (Fsp3) is 0.214. The fourth-order valence-electron chi connectivity index (χ4n) is 2.03. The van der Waals surface area contributed by atoms with E-state index in [1.165, 1.54) is 10.6 Å². The van der Waals surface area contributed by atoms with Gasteiger partial charge in [0.2, 0.25) is 5.82 Å². The van der Waals surface area contributed by atoms with E-state index in [1.54, 1.807) is 31.5 Å². The van der Waals surface area contributed by atoms with E-state index in [0.717, 1.165) is 0 Å². The van der Waals surface area contributed by atoms with Crippen LogP contribution in [0.15, 0.2) is 30.6 Å². The van der Waals surface area contributed by atoms with Gasteiger partial charge in [0.15, 0.2) is 11.5 Å². The van der Waals surface area contributed by atoms with Crippen LogP contribution in [0.4, 0.5) is 0 Å². The SMILES string of the molecule is CCC(NC(=O)c1ccc2nnc(-c3ncccn3)n2n1)C(=O)O. The van der Waals surface area contributed by atoms with Gasteiger partial charge in [-0.25, -0.2) is 14.8 Å². The number of carboxylic acids is 1. The van der Waals surface area contributed by atoms with Crippen LogP contribution in [-0.4, -0.2) is 52.8 Å². The number of nitrogens with one attached hydrogen (secondary N) is 1. The van der Waals surface area contributed by atoms with Gasteiger partial charge in [0.25, 0.3) is 5.91 Å². The number of rotatable bonds is 5. The van der Waals surface area contributed by atoms with Gasteiger partial charge >= 0.3 is 5.97 Å². The van der Waals surface area contributed by atoms with E-state index >= 15 is 0 Å². The van der Waals surface area contributed by atoms with Gasteiger partial charge in [0, 0.05) is 12.4 Å². The Morgan fingerprint density at radius 2 is 2.00 bits per heavy atom. The van der Waals surface area contributed by atoms with E-state index < -0.39 is 17.9 Å². The highest BCUT2D eigenvalue weighted by Crippen LogP contribution is 2.12. The van der Waals surface area contributed by atoms with Crippen LogP contribution in [0.25, 0.3) is 17.3 Å². The molecule has 2 N–H and O–H groups in total. The molecule has 1 atom stereocenters. The standard InChI is InChI=1S/C14H13N7O3/c1-2-8(14(23)24)17-13(22)9-4-5-10-18-19-12(21(10)20-9)11-15-6-3-7-16-11/h3-8H,2H2,1H3,(H,17,22)(H,23,24). The maximum atomic E-state index is 12.2. The Hall–Kier alpha value is -3.43. The summed E-state index contributed by atoms with van der Waals surface area (Å²) < 4.78 is 1.34. The van der Waals surface area contributed by atoms with E-state index in [1.807, 2.05) is 0 Å². The summed E-state index contributed by atoms with van der Waals surface area (Å²) in [6.07, 6.45) is 3.37. The molecule has 24 heavy (non-hydrogen) atoms. The molecule has 0 aliphatic heterocycles. The molecule has 0 fully saturated rings. The molecule has 10 nitrogen and oxygen atoms in total. The number of aliphatic carboxylic acids is 1.